The van der Waals surface area contributed by atoms with E-state index in [0.717, 1.165) is 64.3 Å². The smallest absolute Gasteiger partial charge is 0.338 e. The number of benzene rings is 5. The zero-order chi connectivity index (χ0) is 25.8. The van der Waals surface area contributed by atoms with E-state index in [4.69, 9.17) is 4.74 Å². The lowest BCUT2D eigenvalue weighted by Gasteiger charge is -2.20. The van der Waals surface area contributed by atoms with Gasteiger partial charge in [0.1, 0.15) is 0 Å². The highest BCUT2D eigenvalue weighted by atomic mass is 16.5. The number of rotatable bonds is 6. The zero-order valence-corrected chi connectivity index (χ0v) is 20.9. The Labute approximate surface area is 213 Å². The van der Waals surface area contributed by atoms with Gasteiger partial charge in [-0.15, -0.1) is 0 Å². The van der Waals surface area contributed by atoms with E-state index in [1.807, 2.05) is 30.3 Å². The Morgan fingerprint density at radius 1 is 0.757 bits per heavy atom. The average Bonchev–Trinajstić information content (AvgIpc) is 3.43. The molecule has 0 atom stereocenters. The van der Waals surface area contributed by atoms with Crippen molar-refractivity contribution in [2.45, 2.75) is 39.0 Å². The summed E-state index contributed by atoms with van der Waals surface area (Å²) < 4.78 is 5.12. The van der Waals surface area contributed by atoms with Gasteiger partial charge in [0.25, 0.3) is 0 Å². The Morgan fingerprint density at radius 2 is 1.30 bits per heavy atom. The average molecular weight is 491 g/mol. The molecular weight excluding hydrogens is 464 g/mol. The van der Waals surface area contributed by atoms with Crippen LogP contribution in [0.25, 0.3) is 43.1 Å². The van der Waals surface area contributed by atoms with E-state index in [2.05, 4.69) is 0 Å². The van der Waals surface area contributed by atoms with Crippen LogP contribution < -0.4 is 0 Å². The van der Waals surface area contributed by atoms with Crippen molar-refractivity contribution in [2.24, 2.45) is 5.92 Å². The number of aldehydes is 1. The van der Waals surface area contributed by atoms with Crippen LogP contribution in [0.2, 0.25) is 0 Å². The van der Waals surface area contributed by atoms with Crippen LogP contribution in [0, 0.1) is 5.92 Å². The number of hydrogen-bond donors (Lipinski definition) is 0. The molecule has 1 aliphatic rings. The minimum atomic E-state index is -0.488. The van der Waals surface area contributed by atoms with Crippen molar-refractivity contribution in [2.75, 3.05) is 7.11 Å². The third-order valence-electron chi connectivity index (χ3n) is 8.09. The second-order valence-corrected chi connectivity index (χ2v) is 10.1. The van der Waals surface area contributed by atoms with Crippen molar-refractivity contribution in [3.63, 3.8) is 0 Å². The van der Waals surface area contributed by atoms with E-state index in [1.165, 1.54) is 14.0 Å². The fourth-order valence-electron chi connectivity index (χ4n) is 6.41. The van der Waals surface area contributed by atoms with Gasteiger partial charge < -0.3 is 4.74 Å². The molecule has 1 aliphatic carbocycles. The molecule has 6 rings (SSSR count). The molecule has 5 nitrogen and oxygen atoms in total. The third kappa shape index (κ3) is 3.45. The van der Waals surface area contributed by atoms with Crippen molar-refractivity contribution in [1.82, 2.24) is 0 Å². The van der Waals surface area contributed by atoms with E-state index < -0.39 is 5.97 Å². The first kappa shape index (κ1) is 23.3. The summed E-state index contributed by atoms with van der Waals surface area (Å²) in [5, 5.41) is 6.37. The van der Waals surface area contributed by atoms with Crippen LogP contribution in [0.3, 0.4) is 0 Å². The number of fused-ring (bicyclic) bond motifs is 2. The molecule has 5 heteroatoms. The van der Waals surface area contributed by atoms with Crippen LogP contribution in [0.1, 0.15) is 80.5 Å². The minimum absolute atomic E-state index is 0.0416. The molecule has 184 valence electrons. The fourth-order valence-corrected chi connectivity index (χ4v) is 6.41. The summed E-state index contributed by atoms with van der Waals surface area (Å²) in [6.07, 6.45) is 5.68. The largest absolute Gasteiger partial charge is 0.465 e. The molecule has 37 heavy (non-hydrogen) atoms. The number of carbonyl (C=O) groups is 4. The maximum absolute atomic E-state index is 13.6. The molecule has 0 unspecified atom stereocenters. The molecule has 0 radical (unpaired) electrons. The molecule has 1 saturated carbocycles. The van der Waals surface area contributed by atoms with E-state index in [-0.39, 0.29) is 11.6 Å². The van der Waals surface area contributed by atoms with Crippen molar-refractivity contribution in [3.05, 3.63) is 70.8 Å². The molecule has 0 N–H and O–H groups in total. The highest BCUT2D eigenvalue weighted by Crippen LogP contribution is 2.44. The van der Waals surface area contributed by atoms with Crippen LogP contribution in [0.15, 0.2) is 48.5 Å². The quantitative estimate of drug-likeness (QED) is 0.0820. The second kappa shape index (κ2) is 8.77. The van der Waals surface area contributed by atoms with Gasteiger partial charge in [-0.25, -0.2) is 4.79 Å². The zero-order valence-electron chi connectivity index (χ0n) is 20.9. The molecule has 0 heterocycles. The minimum Gasteiger partial charge on any atom is -0.465 e. The molecule has 0 spiro atoms. The third-order valence-corrected chi connectivity index (χ3v) is 8.09. The van der Waals surface area contributed by atoms with Crippen molar-refractivity contribution >= 4 is 66.9 Å². The summed E-state index contributed by atoms with van der Waals surface area (Å²) in [7, 11) is 1.35. The molecule has 0 saturated heterocycles. The van der Waals surface area contributed by atoms with Crippen molar-refractivity contribution < 1.29 is 23.9 Å². The highest BCUT2D eigenvalue weighted by Gasteiger charge is 2.26. The van der Waals surface area contributed by atoms with E-state index in [0.29, 0.717) is 45.4 Å². The Hall–Kier alpha value is -4.12. The molecular formula is C32H26O5. The molecule has 1 fully saturated rings. The SMILES string of the molecule is COC(=O)c1ccc2c3ccc(C=O)c4c(C(C)=O)ccc(c5ccc(C(=O)CC6CCCC6)c1c52)c43. The van der Waals surface area contributed by atoms with Crippen molar-refractivity contribution in [1.29, 1.82) is 0 Å². The number of hydrogen-bond acceptors (Lipinski definition) is 5. The van der Waals surface area contributed by atoms with Crippen molar-refractivity contribution in [3.8, 4) is 0 Å². The monoisotopic (exact) mass is 490 g/mol. The normalized spacial score (nSPS) is 14.2. The predicted molar refractivity (Wildman–Crippen MR) is 145 cm³/mol. The molecule has 0 aliphatic heterocycles. The Balaban J connectivity index is 1.77. The van der Waals surface area contributed by atoms with E-state index >= 15 is 0 Å². The number of carbonyl (C=O) groups excluding carboxylic acids is 4. The lowest BCUT2D eigenvalue weighted by Crippen LogP contribution is -2.10. The topological polar surface area (TPSA) is 77.5 Å². The summed E-state index contributed by atoms with van der Waals surface area (Å²) in [5.41, 5.74) is 1.86. The van der Waals surface area contributed by atoms with Gasteiger partial charge in [0.2, 0.25) is 0 Å². The van der Waals surface area contributed by atoms with Gasteiger partial charge in [0.15, 0.2) is 17.9 Å². The predicted octanol–water partition coefficient (Wildman–Crippen LogP) is 7.30. The van der Waals surface area contributed by atoms with Crippen LogP contribution in [0.5, 0.6) is 0 Å². The summed E-state index contributed by atoms with van der Waals surface area (Å²) >= 11 is 0. The van der Waals surface area contributed by atoms with Crippen LogP contribution in [-0.4, -0.2) is 30.9 Å². The Bertz CT molecular complexity index is 1750. The maximum Gasteiger partial charge on any atom is 0.338 e. The molecule has 0 aromatic heterocycles. The Morgan fingerprint density at radius 3 is 1.86 bits per heavy atom. The molecule has 5 aromatic rings. The van der Waals surface area contributed by atoms with Gasteiger partial charge >= 0.3 is 5.97 Å². The number of ketones is 2. The summed E-state index contributed by atoms with van der Waals surface area (Å²) in [5.74, 6) is -0.185. The first-order valence-electron chi connectivity index (χ1n) is 12.7. The second-order valence-electron chi connectivity index (χ2n) is 10.1. The number of methoxy groups -OCH3 is 1. The van der Waals surface area contributed by atoms with Gasteiger partial charge in [0, 0.05) is 33.9 Å². The number of ether oxygens (including phenoxy) is 1. The van der Waals surface area contributed by atoms with Gasteiger partial charge in [-0.3, -0.25) is 14.4 Å². The van der Waals surface area contributed by atoms with Crippen LogP contribution in [0.4, 0.5) is 0 Å². The van der Waals surface area contributed by atoms with Crippen LogP contribution in [-0.2, 0) is 4.74 Å². The highest BCUT2D eigenvalue weighted by molar-refractivity contribution is 6.38. The van der Waals surface area contributed by atoms with E-state index in [9.17, 15) is 19.2 Å². The van der Waals surface area contributed by atoms with Crippen LogP contribution >= 0.6 is 0 Å². The number of esters is 1. The summed E-state index contributed by atoms with van der Waals surface area (Å²) in [4.78, 5) is 51.0. The van der Waals surface area contributed by atoms with Gasteiger partial charge in [0.05, 0.1) is 12.7 Å². The summed E-state index contributed by atoms with van der Waals surface area (Å²) in [6, 6.07) is 14.7. The fraction of sp³-hybridized carbons (Fsp3) is 0.250. The lowest BCUT2D eigenvalue weighted by molar-refractivity contribution is 0.0602. The maximum atomic E-state index is 13.6. The van der Waals surface area contributed by atoms with Gasteiger partial charge in [-0.2, -0.15) is 0 Å². The summed E-state index contributed by atoms with van der Waals surface area (Å²) in [6.45, 7) is 1.50. The molecule has 0 bridgehead atoms. The number of Topliss-reactive ketones (excluding diaryl/α,β-unsaturated/α-hetero) is 2. The van der Waals surface area contributed by atoms with Gasteiger partial charge in [-0.1, -0.05) is 68.1 Å². The van der Waals surface area contributed by atoms with Gasteiger partial charge in [-0.05, 0) is 51.2 Å². The molecule has 0 amide bonds. The lowest BCUT2D eigenvalue weighted by atomic mass is 9.83. The first-order chi connectivity index (χ1) is 17.9. The Kier molecular flexibility index (Phi) is 5.52. The molecule has 5 aromatic carbocycles. The first-order valence-corrected chi connectivity index (χ1v) is 12.7. The van der Waals surface area contributed by atoms with E-state index in [1.54, 1.807) is 18.2 Å². The standard InChI is InChI=1S/C32H26O5/c1-17(34)20-9-10-22-23-11-13-25(27(35)15-18-5-3-4-6-18)31-26(32(36)37-2)14-12-24(30(23)31)21-8-7-19(16-33)28(20)29(21)22/h7-14,16,18H,3-6,15H2,1-2H3.